The summed E-state index contributed by atoms with van der Waals surface area (Å²) in [6.07, 6.45) is 39.7. The van der Waals surface area contributed by atoms with Gasteiger partial charge in [-0.15, -0.1) is 56.4 Å². The van der Waals surface area contributed by atoms with E-state index in [4.69, 9.17) is 11.6 Å². The molecular weight excluding hydrogens is 884 g/mol. The molecule has 0 aromatic carbocycles. The van der Waals surface area contributed by atoms with Crippen LogP contribution < -0.4 is 0 Å². The summed E-state index contributed by atoms with van der Waals surface area (Å²) in [7, 11) is 5.18. The van der Waals surface area contributed by atoms with Gasteiger partial charge in [0.25, 0.3) is 0 Å². The van der Waals surface area contributed by atoms with Crippen molar-refractivity contribution in [2.45, 2.75) is 272 Å². The van der Waals surface area contributed by atoms with Crippen LogP contribution in [0.25, 0.3) is 0 Å². The van der Waals surface area contributed by atoms with Gasteiger partial charge in [0.2, 0.25) is 0 Å². The molecule has 0 saturated heterocycles. The Kier molecular flexibility index (Phi) is 221. The minimum atomic E-state index is 0. The molecule has 4 unspecified atom stereocenters. The first-order valence-electron chi connectivity index (χ1n) is 22.4. The molecule has 0 nitrogen and oxygen atoms in total. The summed E-state index contributed by atoms with van der Waals surface area (Å²) >= 11 is 5.69. The molecule has 62 heavy (non-hydrogen) atoms. The third-order valence-electron chi connectivity index (χ3n) is 7.66. The van der Waals surface area contributed by atoms with Gasteiger partial charge in [0.1, 0.15) is 0 Å². The average molecular weight is 1020 g/mol. The normalized spacial score (nSPS) is 8.98. The van der Waals surface area contributed by atoms with E-state index in [1.165, 1.54) is 127 Å². The number of hydrogen-bond donors (Lipinski definition) is 0. The number of halogens is 1. The van der Waals surface area contributed by atoms with Gasteiger partial charge in [-0.05, 0) is 83.2 Å². The van der Waals surface area contributed by atoms with E-state index >= 15 is 0 Å². The van der Waals surface area contributed by atoms with Crippen molar-refractivity contribution in [2.75, 3.05) is 12.8 Å². The zero-order chi connectivity index (χ0) is 43.5. The Bertz CT molecular complexity index is 561. The fourth-order valence-corrected chi connectivity index (χ4v) is 4.77. The summed E-state index contributed by atoms with van der Waals surface area (Å²) in [6.45, 7) is 49.1. The van der Waals surface area contributed by atoms with Crippen LogP contribution in [0.15, 0.2) is 50.1 Å². The smallest absolute Gasteiger partial charge is 0.343 e. The summed E-state index contributed by atoms with van der Waals surface area (Å²) in [5, 5.41) is 0.349. The second kappa shape index (κ2) is 125. The van der Waals surface area contributed by atoms with Crippen LogP contribution in [-0.4, -0.2) is 18.2 Å². The van der Waals surface area contributed by atoms with Gasteiger partial charge < -0.3 is 27.7 Å². The van der Waals surface area contributed by atoms with Gasteiger partial charge in [0.15, 0.2) is 0 Å². The van der Waals surface area contributed by atoms with Crippen molar-refractivity contribution >= 4 is 30.1 Å². The number of rotatable bonds is 27. The van der Waals surface area contributed by atoms with Crippen molar-refractivity contribution in [1.29, 1.82) is 0 Å². The summed E-state index contributed by atoms with van der Waals surface area (Å²) in [5.41, 5.74) is 1.24. The van der Waals surface area contributed by atoms with E-state index < -0.39 is 0 Å². The molecule has 0 aromatic heterocycles. The molecule has 0 rings (SSSR count). The Morgan fingerprint density at radius 1 is 0.516 bits per heavy atom. The van der Waals surface area contributed by atoms with Crippen molar-refractivity contribution in [3.8, 4) is 0 Å². The van der Waals surface area contributed by atoms with E-state index in [9.17, 15) is 0 Å². The quantitative estimate of drug-likeness (QED) is 0.0253. The molecule has 0 amide bonds. The Balaban J connectivity index is -0.0000000277. The molecule has 2 radical (unpaired) electrons. The standard InChI is InChI=1S/C8H17P.C7H14Cl.C7H14.C7H12.3C7H15.CH5P.6CH4.2V/c1-3-4-5-8(2)6-7-9;1-3-4-5-6-7(2)8;2*1-4-5-6-7(2)3;3*1-3-5-7-6-4-2;1-2;;;;;;;;/h3,8H,1,4-7,9H2,2H3;7H,1,3-6H2,2H3;4,7H,1,5-6H2,2-3H3;4H,1-2,5-6H2,3H3;3*1,3-7H2,2H3;2H2,1H3;6*1H4;;/q;-1;;;3*-1;;;;;;;;2*+2. The van der Waals surface area contributed by atoms with Crippen molar-refractivity contribution in [3.63, 3.8) is 0 Å². The van der Waals surface area contributed by atoms with Gasteiger partial charge in [-0.3, -0.25) is 0 Å². The third-order valence-corrected chi connectivity index (χ3v) is 8.21. The summed E-state index contributed by atoms with van der Waals surface area (Å²) < 4.78 is 0. The summed E-state index contributed by atoms with van der Waals surface area (Å²) in [6, 6.07) is 0. The van der Waals surface area contributed by atoms with E-state index in [1.54, 1.807) is 0 Å². The molecule has 0 aliphatic carbocycles. The predicted octanol–water partition coefficient (Wildman–Crippen LogP) is 23.7. The number of allylic oxidation sites excluding steroid dienone is 4. The molecule has 0 fully saturated rings. The maximum absolute atomic E-state index is 5.69. The molecule has 5 heteroatoms. The third kappa shape index (κ3) is 201. The van der Waals surface area contributed by atoms with Crippen LogP contribution in [0.4, 0.5) is 0 Å². The van der Waals surface area contributed by atoms with Crippen LogP contribution in [-0.2, 0) is 37.1 Å². The molecule has 0 N–H and O–H groups in total. The van der Waals surface area contributed by atoms with E-state index in [-0.39, 0.29) is 81.7 Å². The second-order valence-electron chi connectivity index (χ2n) is 14.5. The van der Waals surface area contributed by atoms with Gasteiger partial charge in [-0.25, -0.2) is 0 Å². The predicted molar refractivity (Wildman–Crippen MR) is 314 cm³/mol. The monoisotopic (exact) mass is 1010 g/mol. The first-order valence-corrected chi connectivity index (χ1v) is 24.8. The van der Waals surface area contributed by atoms with Crippen molar-refractivity contribution in [1.82, 2.24) is 0 Å². The minimum Gasteiger partial charge on any atom is -0.343 e. The van der Waals surface area contributed by atoms with Crippen LogP contribution >= 0.6 is 30.1 Å². The summed E-state index contributed by atoms with van der Waals surface area (Å²) in [4.78, 5) is 0. The average Bonchev–Trinajstić information content (AvgIpc) is 3.15. The fraction of sp³-hybridized carbons (Fsp3) is 0.789. The molecule has 386 valence electrons. The van der Waals surface area contributed by atoms with E-state index in [2.05, 4.69) is 114 Å². The van der Waals surface area contributed by atoms with Crippen LogP contribution in [0.2, 0.25) is 0 Å². The maximum Gasteiger partial charge on any atom is 2.00 e. The Morgan fingerprint density at radius 3 is 1.02 bits per heavy atom. The zero-order valence-electron chi connectivity index (χ0n) is 40.1. The number of alkyl halides is 1. The van der Waals surface area contributed by atoms with Gasteiger partial charge >= 0.3 is 37.1 Å². The fourth-order valence-electron chi connectivity index (χ4n) is 4.04. The van der Waals surface area contributed by atoms with Crippen LogP contribution in [0.1, 0.15) is 267 Å². The maximum atomic E-state index is 5.69. The van der Waals surface area contributed by atoms with Crippen LogP contribution in [0, 0.1) is 39.5 Å². The van der Waals surface area contributed by atoms with E-state index in [0.717, 1.165) is 63.2 Å². The van der Waals surface area contributed by atoms with Crippen LogP contribution in [0.5, 0.6) is 0 Å². The van der Waals surface area contributed by atoms with Crippen molar-refractivity contribution < 1.29 is 37.1 Å². The van der Waals surface area contributed by atoms with Crippen molar-refractivity contribution in [2.24, 2.45) is 11.8 Å². The molecule has 0 aliphatic rings. The first-order chi connectivity index (χ1) is 25.9. The van der Waals surface area contributed by atoms with Gasteiger partial charge in [0.05, 0.1) is 0 Å². The molecular formula is C57H131ClP2V2. The Morgan fingerprint density at radius 2 is 0.823 bits per heavy atom. The molecule has 0 aromatic rings. The first kappa shape index (κ1) is 110. The molecule has 0 heterocycles. The number of hydrogen-bond acceptors (Lipinski definition) is 0. The van der Waals surface area contributed by atoms with Gasteiger partial charge in [-0.2, -0.15) is 25.7 Å². The SMILES string of the molecule is C.C.C.C.C.C.C=CCCC(=C)C.C=CCCC(C)C.C=CCCC(C)CCP.CP.[CH2-]CCCCC(C)Cl.[CH2-]CCCCCC.[CH2-]CCCCCC.[CH2-]CCCCCC.[V+2].[V+2]. The Labute approximate surface area is 438 Å². The van der Waals surface area contributed by atoms with E-state index in [1.807, 2.05) is 38.7 Å². The summed E-state index contributed by atoms with van der Waals surface area (Å²) in [5.74, 6) is 1.71. The topological polar surface area (TPSA) is 0 Å². The minimum absolute atomic E-state index is 0. The molecule has 0 spiro atoms. The zero-order valence-corrected chi connectivity index (χ0v) is 46.0. The van der Waals surface area contributed by atoms with Crippen molar-refractivity contribution in [3.05, 3.63) is 77.8 Å². The largest absolute Gasteiger partial charge is 2.00 e. The second-order valence-corrected chi connectivity index (χ2v) is 15.8. The van der Waals surface area contributed by atoms with E-state index in [0.29, 0.717) is 5.38 Å². The number of unbranched alkanes of at least 4 members (excludes halogenated alkanes) is 14. The van der Waals surface area contributed by atoms with Crippen LogP contribution in [0.3, 0.4) is 0 Å². The Hall–Kier alpha value is 1.28. The van der Waals surface area contributed by atoms with Gasteiger partial charge in [0, 0.05) is 5.38 Å². The molecule has 4 atom stereocenters. The molecule has 0 saturated carbocycles. The van der Waals surface area contributed by atoms with Gasteiger partial charge in [-0.1, -0.05) is 206 Å². The molecule has 0 bridgehead atoms. The molecule has 0 aliphatic heterocycles.